The molecule has 0 amide bonds. The number of amidine groups is 2. The van der Waals surface area contributed by atoms with Gasteiger partial charge < -0.3 is 15.4 Å². The Kier molecular flexibility index (Phi) is 8.33. The summed E-state index contributed by atoms with van der Waals surface area (Å²) in [6.07, 6.45) is 5.40. The van der Waals surface area contributed by atoms with Gasteiger partial charge in [-0.25, -0.2) is 8.42 Å². The van der Waals surface area contributed by atoms with E-state index in [4.69, 9.17) is 21.3 Å². The van der Waals surface area contributed by atoms with Gasteiger partial charge >= 0.3 is 0 Å². The minimum Gasteiger partial charge on any atom is -0.490 e. The molecule has 1 aliphatic heterocycles. The summed E-state index contributed by atoms with van der Waals surface area (Å²) in [6, 6.07) is 14.4. The zero-order chi connectivity index (χ0) is 24.7. The Morgan fingerprint density at radius 2 is 1.85 bits per heavy atom. The van der Waals surface area contributed by atoms with Gasteiger partial charge in [0.2, 0.25) is 10.0 Å². The van der Waals surface area contributed by atoms with E-state index in [9.17, 15) is 8.42 Å². The van der Waals surface area contributed by atoms with Crippen LogP contribution in [-0.4, -0.2) is 56.5 Å². The number of nitrogens with zero attached hydrogens (tertiary/aromatic N) is 2. The number of nitrogens with one attached hydrogen (secondary N) is 2. The molecular formula is C25H33N5O3S. The predicted octanol–water partition coefficient (Wildman–Crippen LogP) is 3.68. The van der Waals surface area contributed by atoms with Crippen LogP contribution in [0.25, 0.3) is 6.08 Å². The molecule has 0 atom stereocenters. The third kappa shape index (κ3) is 6.60. The Morgan fingerprint density at radius 3 is 2.44 bits per heavy atom. The number of hydrogen-bond donors (Lipinski definition) is 3. The molecule has 1 fully saturated rings. The standard InChI is InChI=1S/C25H33N5O3S/c1-3-34(31,32)30(15-5-7-20-6-4-8-21(18-20)25(27)28)22-9-11-23(12-10-22)33-24-13-16-29(17-14-24)19(2)26/h4-12,18,24,26H,3,13-17H2,1-2H3,(H3,27,28)/b7-5+,26-19?. The molecule has 2 aromatic rings. The van der Waals surface area contributed by atoms with Crippen LogP contribution in [-0.2, 0) is 10.0 Å². The fourth-order valence-electron chi connectivity index (χ4n) is 3.82. The van der Waals surface area contributed by atoms with Crippen LogP contribution in [0, 0.1) is 10.8 Å². The number of anilines is 1. The van der Waals surface area contributed by atoms with Gasteiger partial charge in [0, 0.05) is 31.5 Å². The molecule has 0 radical (unpaired) electrons. The fraction of sp³-hybridized carbons (Fsp3) is 0.360. The highest BCUT2D eigenvalue weighted by Gasteiger charge is 2.22. The zero-order valence-electron chi connectivity index (χ0n) is 19.7. The lowest BCUT2D eigenvalue weighted by Gasteiger charge is -2.32. The van der Waals surface area contributed by atoms with E-state index in [1.807, 2.05) is 35.2 Å². The minimum absolute atomic E-state index is 0.01000. The number of nitrogens with two attached hydrogens (primary N) is 1. The lowest BCUT2D eigenvalue weighted by Crippen LogP contribution is -2.40. The van der Waals surface area contributed by atoms with Crippen LogP contribution in [0.15, 0.2) is 54.6 Å². The third-order valence-electron chi connectivity index (χ3n) is 5.82. The summed E-state index contributed by atoms with van der Waals surface area (Å²) >= 11 is 0. The van der Waals surface area contributed by atoms with Gasteiger partial charge in [0.15, 0.2) is 0 Å². The molecule has 1 aliphatic rings. The Hall–Kier alpha value is -3.33. The summed E-state index contributed by atoms with van der Waals surface area (Å²) in [6.45, 7) is 5.23. The summed E-state index contributed by atoms with van der Waals surface area (Å²) in [7, 11) is -3.48. The molecule has 2 aromatic carbocycles. The van der Waals surface area contributed by atoms with Crippen molar-refractivity contribution in [1.82, 2.24) is 4.90 Å². The molecule has 3 rings (SSSR count). The Labute approximate surface area is 202 Å². The van der Waals surface area contributed by atoms with Crippen molar-refractivity contribution in [3.8, 4) is 5.75 Å². The highest BCUT2D eigenvalue weighted by atomic mass is 32.2. The maximum atomic E-state index is 12.8. The van der Waals surface area contributed by atoms with Gasteiger partial charge in [0.25, 0.3) is 0 Å². The molecule has 4 N–H and O–H groups in total. The number of piperidine rings is 1. The molecule has 0 aliphatic carbocycles. The van der Waals surface area contributed by atoms with E-state index in [0.717, 1.165) is 31.5 Å². The second kappa shape index (κ2) is 11.2. The van der Waals surface area contributed by atoms with Gasteiger partial charge in [-0.15, -0.1) is 0 Å². The predicted molar refractivity (Wildman–Crippen MR) is 138 cm³/mol. The first-order chi connectivity index (χ1) is 16.2. The lowest BCUT2D eigenvalue weighted by molar-refractivity contribution is 0.130. The molecule has 0 spiro atoms. The average molecular weight is 484 g/mol. The maximum absolute atomic E-state index is 12.8. The van der Waals surface area contributed by atoms with Gasteiger partial charge in [-0.3, -0.25) is 15.1 Å². The molecule has 1 heterocycles. The number of nitrogen functional groups attached to an aromatic ring is 1. The summed E-state index contributed by atoms with van der Waals surface area (Å²) in [5, 5.41) is 15.3. The van der Waals surface area contributed by atoms with Gasteiger partial charge in [-0.05, 0) is 49.7 Å². The summed E-state index contributed by atoms with van der Waals surface area (Å²) in [5.41, 5.74) is 7.59. The van der Waals surface area contributed by atoms with Crippen molar-refractivity contribution in [2.24, 2.45) is 5.73 Å². The summed E-state index contributed by atoms with van der Waals surface area (Å²) in [4.78, 5) is 2.04. The van der Waals surface area contributed by atoms with Crippen LogP contribution < -0.4 is 14.8 Å². The van der Waals surface area contributed by atoms with Gasteiger partial charge in [-0.2, -0.15) is 0 Å². The van der Waals surface area contributed by atoms with Crippen molar-refractivity contribution in [3.63, 3.8) is 0 Å². The van der Waals surface area contributed by atoms with Crippen LogP contribution in [0.3, 0.4) is 0 Å². The lowest BCUT2D eigenvalue weighted by atomic mass is 10.1. The average Bonchev–Trinajstić information content (AvgIpc) is 2.83. The number of rotatable bonds is 9. The first kappa shape index (κ1) is 25.3. The Bertz CT molecular complexity index is 1140. The second-order valence-electron chi connectivity index (χ2n) is 8.26. The SMILES string of the molecule is CCS(=O)(=O)N(C/C=C/c1cccc(C(=N)N)c1)c1ccc(OC2CCN(C(C)=N)CC2)cc1. The second-order valence-corrected chi connectivity index (χ2v) is 10.4. The van der Waals surface area contributed by atoms with Crippen LogP contribution in [0.4, 0.5) is 5.69 Å². The molecule has 1 saturated heterocycles. The first-order valence-corrected chi connectivity index (χ1v) is 13.0. The minimum atomic E-state index is -3.48. The third-order valence-corrected chi connectivity index (χ3v) is 7.58. The maximum Gasteiger partial charge on any atom is 0.235 e. The van der Waals surface area contributed by atoms with Gasteiger partial charge in [0.05, 0.1) is 23.8 Å². The van der Waals surface area contributed by atoms with Crippen LogP contribution in [0.2, 0.25) is 0 Å². The van der Waals surface area contributed by atoms with Crippen molar-refractivity contribution < 1.29 is 13.2 Å². The van der Waals surface area contributed by atoms with Gasteiger partial charge in [0.1, 0.15) is 17.7 Å². The summed E-state index contributed by atoms with van der Waals surface area (Å²) in [5.74, 6) is 1.27. The van der Waals surface area contributed by atoms with Crippen molar-refractivity contribution in [1.29, 1.82) is 10.8 Å². The first-order valence-electron chi connectivity index (χ1n) is 11.4. The molecule has 34 heavy (non-hydrogen) atoms. The van der Waals surface area contributed by atoms with E-state index in [1.54, 1.807) is 44.2 Å². The molecule has 0 aromatic heterocycles. The van der Waals surface area contributed by atoms with Crippen LogP contribution >= 0.6 is 0 Å². The van der Waals surface area contributed by atoms with E-state index < -0.39 is 10.0 Å². The topological polar surface area (TPSA) is 124 Å². The van der Waals surface area contributed by atoms with Gasteiger partial charge in [-0.1, -0.05) is 30.4 Å². The molecule has 0 unspecified atom stereocenters. The monoisotopic (exact) mass is 483 g/mol. The smallest absolute Gasteiger partial charge is 0.235 e. The summed E-state index contributed by atoms with van der Waals surface area (Å²) < 4.78 is 33.0. The van der Waals surface area contributed by atoms with E-state index in [0.29, 0.717) is 22.8 Å². The number of likely N-dealkylation sites (tertiary alicyclic amines) is 1. The van der Waals surface area contributed by atoms with Crippen LogP contribution in [0.5, 0.6) is 5.75 Å². The zero-order valence-corrected chi connectivity index (χ0v) is 20.5. The molecule has 8 nitrogen and oxygen atoms in total. The van der Waals surface area contributed by atoms with Crippen molar-refractivity contribution >= 4 is 33.5 Å². The number of ether oxygens (including phenoxy) is 1. The largest absolute Gasteiger partial charge is 0.490 e. The molecule has 0 bridgehead atoms. The molecular weight excluding hydrogens is 450 g/mol. The molecule has 182 valence electrons. The van der Waals surface area contributed by atoms with E-state index in [-0.39, 0.29) is 24.2 Å². The van der Waals surface area contributed by atoms with E-state index in [1.165, 1.54) is 4.31 Å². The Balaban J connectivity index is 1.69. The molecule has 9 heteroatoms. The fourth-order valence-corrected chi connectivity index (χ4v) is 4.89. The van der Waals surface area contributed by atoms with Crippen molar-refractivity contribution in [3.05, 3.63) is 65.7 Å². The highest BCUT2D eigenvalue weighted by Crippen LogP contribution is 2.25. The Morgan fingerprint density at radius 1 is 1.18 bits per heavy atom. The highest BCUT2D eigenvalue weighted by molar-refractivity contribution is 7.92. The van der Waals surface area contributed by atoms with Crippen molar-refractivity contribution in [2.45, 2.75) is 32.8 Å². The number of benzene rings is 2. The number of sulfonamides is 1. The van der Waals surface area contributed by atoms with Crippen LogP contribution in [0.1, 0.15) is 37.8 Å². The van der Waals surface area contributed by atoms with E-state index in [2.05, 4.69) is 0 Å². The normalized spacial score (nSPS) is 14.8. The number of hydrogen-bond acceptors (Lipinski definition) is 5. The van der Waals surface area contributed by atoms with E-state index >= 15 is 0 Å². The quantitative estimate of drug-likeness (QED) is 0.371. The van der Waals surface area contributed by atoms with Crippen molar-refractivity contribution in [2.75, 3.05) is 29.7 Å². The molecule has 0 saturated carbocycles.